The van der Waals surface area contributed by atoms with Crippen LogP contribution in [0, 0.1) is 0 Å². The van der Waals surface area contributed by atoms with Crippen molar-refractivity contribution in [1.29, 1.82) is 0 Å². The van der Waals surface area contributed by atoms with Crippen LogP contribution in [0.3, 0.4) is 0 Å². The molecule has 1 aromatic heterocycles. The Balaban J connectivity index is 1.55. The first-order valence-electron chi connectivity index (χ1n) is 9.45. The second-order valence-electron chi connectivity index (χ2n) is 6.69. The highest BCUT2D eigenvalue weighted by atomic mass is 35.5. The molecule has 0 saturated carbocycles. The van der Waals surface area contributed by atoms with Gasteiger partial charge in [0.15, 0.2) is 18.1 Å². The van der Waals surface area contributed by atoms with E-state index in [0.29, 0.717) is 29.7 Å². The number of nitrogens with zero attached hydrogens (tertiary/aromatic N) is 1. The number of thiophene rings is 1. The second kappa shape index (κ2) is 10.8. The van der Waals surface area contributed by atoms with E-state index in [1.807, 2.05) is 29.6 Å². The third kappa shape index (κ3) is 6.47. The molecule has 31 heavy (non-hydrogen) atoms. The maximum absolute atomic E-state index is 12.4. The van der Waals surface area contributed by atoms with Crippen molar-refractivity contribution in [2.24, 2.45) is 0 Å². The fraction of sp³-hybridized carbons (Fsp3) is 0.217. The van der Waals surface area contributed by atoms with Gasteiger partial charge in [0.05, 0.1) is 19.2 Å². The lowest BCUT2D eigenvalue weighted by Gasteiger charge is -2.16. The Hall–Kier alpha value is -3.03. The summed E-state index contributed by atoms with van der Waals surface area (Å²) in [6, 6.07) is 15.9. The number of esters is 1. The van der Waals surface area contributed by atoms with Crippen LogP contribution in [0.25, 0.3) is 0 Å². The number of amides is 1. The van der Waals surface area contributed by atoms with Gasteiger partial charge in [-0.25, -0.2) is 4.79 Å². The van der Waals surface area contributed by atoms with E-state index in [1.54, 1.807) is 42.6 Å². The summed E-state index contributed by atoms with van der Waals surface area (Å²) in [5, 5.41) is 2.60. The van der Waals surface area contributed by atoms with Crippen molar-refractivity contribution in [3.05, 3.63) is 81.0 Å². The third-order valence-corrected chi connectivity index (χ3v) is 5.55. The molecule has 0 N–H and O–H groups in total. The average molecular weight is 460 g/mol. The summed E-state index contributed by atoms with van der Waals surface area (Å²) in [5.41, 5.74) is 1.21. The molecule has 0 radical (unpaired) electrons. The number of rotatable bonds is 9. The number of likely N-dealkylation sites (N-methyl/N-ethyl adjacent to an activating group) is 1. The van der Waals surface area contributed by atoms with E-state index in [9.17, 15) is 9.59 Å². The fourth-order valence-corrected chi connectivity index (χ4v) is 3.58. The Morgan fingerprint density at radius 3 is 2.52 bits per heavy atom. The Labute approximate surface area is 189 Å². The smallest absolute Gasteiger partial charge is 0.338 e. The molecule has 0 aliphatic heterocycles. The summed E-state index contributed by atoms with van der Waals surface area (Å²) in [5.74, 6) is -0.0117. The molecule has 0 bridgehead atoms. The molecule has 1 amide bonds. The van der Waals surface area contributed by atoms with E-state index in [4.69, 9.17) is 25.8 Å². The van der Waals surface area contributed by atoms with Crippen LogP contribution in [0.5, 0.6) is 11.5 Å². The van der Waals surface area contributed by atoms with Gasteiger partial charge in [-0.15, -0.1) is 11.3 Å². The minimum absolute atomic E-state index is 0.268. The average Bonchev–Trinajstić information content (AvgIpc) is 3.29. The second-order valence-corrected chi connectivity index (χ2v) is 8.15. The van der Waals surface area contributed by atoms with Crippen LogP contribution in [0.2, 0.25) is 5.02 Å². The number of methoxy groups -OCH3 is 1. The number of carbonyl (C=O) groups is 2. The summed E-state index contributed by atoms with van der Waals surface area (Å²) >= 11 is 7.45. The number of hydrogen-bond acceptors (Lipinski definition) is 6. The summed E-state index contributed by atoms with van der Waals surface area (Å²) in [4.78, 5) is 27.2. The predicted molar refractivity (Wildman–Crippen MR) is 120 cm³/mol. The van der Waals surface area contributed by atoms with Crippen LogP contribution in [-0.4, -0.2) is 37.5 Å². The minimum Gasteiger partial charge on any atom is -0.493 e. The van der Waals surface area contributed by atoms with Crippen molar-refractivity contribution in [3.8, 4) is 11.5 Å². The number of carbonyl (C=O) groups excluding carboxylic acids is 2. The molecule has 3 rings (SSSR count). The van der Waals surface area contributed by atoms with Crippen LogP contribution < -0.4 is 9.47 Å². The van der Waals surface area contributed by atoms with Crippen LogP contribution in [0.15, 0.2) is 60.0 Å². The highest BCUT2D eigenvalue weighted by molar-refractivity contribution is 7.09. The van der Waals surface area contributed by atoms with Gasteiger partial charge in [0.25, 0.3) is 5.91 Å². The molecule has 0 spiro atoms. The molecule has 0 aliphatic rings. The number of hydrogen-bond donors (Lipinski definition) is 0. The first-order chi connectivity index (χ1) is 15.0. The van der Waals surface area contributed by atoms with Gasteiger partial charge in [0.2, 0.25) is 0 Å². The van der Waals surface area contributed by atoms with Gasteiger partial charge in [-0.1, -0.05) is 29.8 Å². The molecule has 1 heterocycles. The zero-order valence-corrected chi connectivity index (χ0v) is 18.7. The van der Waals surface area contributed by atoms with Crippen molar-refractivity contribution >= 4 is 34.8 Å². The molecule has 8 heteroatoms. The maximum atomic E-state index is 12.4. The van der Waals surface area contributed by atoms with Crippen molar-refractivity contribution in [2.75, 3.05) is 20.8 Å². The van der Waals surface area contributed by atoms with Crippen LogP contribution in [-0.2, 0) is 22.7 Å². The molecule has 6 nitrogen and oxygen atoms in total. The van der Waals surface area contributed by atoms with Crippen molar-refractivity contribution in [2.45, 2.75) is 13.2 Å². The van der Waals surface area contributed by atoms with Crippen molar-refractivity contribution in [3.63, 3.8) is 0 Å². The van der Waals surface area contributed by atoms with Gasteiger partial charge in [-0.05, 0) is 47.3 Å². The summed E-state index contributed by atoms with van der Waals surface area (Å²) in [6.07, 6.45) is 0. The molecule has 162 valence electrons. The van der Waals surface area contributed by atoms with Gasteiger partial charge in [-0.3, -0.25) is 4.79 Å². The van der Waals surface area contributed by atoms with Gasteiger partial charge in [0.1, 0.15) is 6.61 Å². The molecular formula is C23H22ClNO5S. The van der Waals surface area contributed by atoms with E-state index in [0.717, 1.165) is 10.4 Å². The third-order valence-electron chi connectivity index (χ3n) is 4.43. The van der Waals surface area contributed by atoms with E-state index in [2.05, 4.69) is 0 Å². The molecular weight excluding hydrogens is 438 g/mol. The zero-order valence-electron chi connectivity index (χ0n) is 17.2. The minimum atomic E-state index is -0.611. The molecule has 0 atom stereocenters. The Bertz CT molecular complexity index is 1020. The summed E-state index contributed by atoms with van der Waals surface area (Å²) in [6.45, 7) is 0.460. The molecule has 0 aliphatic carbocycles. The van der Waals surface area contributed by atoms with E-state index < -0.39 is 5.97 Å². The quantitative estimate of drug-likeness (QED) is 0.430. The van der Waals surface area contributed by atoms with Gasteiger partial charge < -0.3 is 19.1 Å². The first kappa shape index (κ1) is 22.7. The standard InChI is InChI=1S/C23H22ClNO5S/c1-25(13-19-4-3-11-31-19)22(26)15-30-23(27)17-7-10-20(21(12-17)28-2)29-14-16-5-8-18(24)9-6-16/h3-12H,13-15H2,1-2H3. The van der Waals surface area contributed by atoms with Crippen LogP contribution in [0.4, 0.5) is 0 Å². The number of ether oxygens (including phenoxy) is 3. The summed E-state index contributed by atoms with van der Waals surface area (Å²) < 4.78 is 16.3. The number of halogens is 1. The largest absolute Gasteiger partial charge is 0.493 e. The Kier molecular flexibility index (Phi) is 7.92. The SMILES string of the molecule is COc1cc(C(=O)OCC(=O)N(C)Cc2cccs2)ccc1OCc1ccc(Cl)cc1. The topological polar surface area (TPSA) is 65.1 Å². The zero-order chi connectivity index (χ0) is 22.2. The lowest BCUT2D eigenvalue weighted by atomic mass is 10.2. The summed E-state index contributed by atoms with van der Waals surface area (Å²) in [7, 11) is 3.16. The lowest BCUT2D eigenvalue weighted by molar-refractivity contribution is -0.133. The Morgan fingerprint density at radius 2 is 1.84 bits per heavy atom. The lowest BCUT2D eigenvalue weighted by Crippen LogP contribution is -2.30. The monoisotopic (exact) mass is 459 g/mol. The van der Waals surface area contributed by atoms with Crippen LogP contribution in [0.1, 0.15) is 20.8 Å². The predicted octanol–water partition coefficient (Wildman–Crippen LogP) is 4.80. The molecule has 0 fully saturated rings. The fourth-order valence-electron chi connectivity index (χ4n) is 2.70. The van der Waals surface area contributed by atoms with E-state index >= 15 is 0 Å². The molecule has 2 aromatic carbocycles. The van der Waals surface area contributed by atoms with E-state index in [-0.39, 0.29) is 18.1 Å². The van der Waals surface area contributed by atoms with Gasteiger partial charge in [-0.2, -0.15) is 0 Å². The molecule has 0 saturated heterocycles. The molecule has 3 aromatic rings. The van der Waals surface area contributed by atoms with Crippen LogP contribution >= 0.6 is 22.9 Å². The highest BCUT2D eigenvalue weighted by Crippen LogP contribution is 2.29. The van der Waals surface area contributed by atoms with E-state index in [1.165, 1.54) is 18.1 Å². The first-order valence-corrected chi connectivity index (χ1v) is 10.7. The van der Waals surface area contributed by atoms with Crippen molar-refractivity contribution in [1.82, 2.24) is 4.90 Å². The highest BCUT2D eigenvalue weighted by Gasteiger charge is 2.16. The molecule has 0 unspecified atom stereocenters. The van der Waals surface area contributed by atoms with Gasteiger partial charge in [0, 0.05) is 16.9 Å². The van der Waals surface area contributed by atoms with Gasteiger partial charge >= 0.3 is 5.97 Å². The van der Waals surface area contributed by atoms with Crippen molar-refractivity contribution < 1.29 is 23.8 Å². The maximum Gasteiger partial charge on any atom is 0.338 e. The number of benzene rings is 2. The Morgan fingerprint density at radius 1 is 1.06 bits per heavy atom. The normalized spacial score (nSPS) is 10.4.